The van der Waals surface area contributed by atoms with Crippen molar-refractivity contribution in [3.05, 3.63) is 12.2 Å². The fraction of sp³-hybridized carbons (Fsp3) is 0.818. The van der Waals surface area contributed by atoms with Crippen molar-refractivity contribution in [2.24, 2.45) is 0 Å². The zero-order valence-electron chi connectivity index (χ0n) is 8.42. The highest BCUT2D eigenvalue weighted by atomic mass is 16.3. The van der Waals surface area contributed by atoms with E-state index in [-0.39, 0.29) is 6.10 Å². The average Bonchev–Trinajstić information content (AvgIpc) is 2.02. The van der Waals surface area contributed by atoms with Crippen molar-refractivity contribution in [3.8, 4) is 0 Å². The van der Waals surface area contributed by atoms with Crippen LogP contribution in [-0.4, -0.2) is 11.2 Å². The van der Waals surface area contributed by atoms with Crippen molar-refractivity contribution >= 4 is 0 Å². The van der Waals surface area contributed by atoms with Crippen LogP contribution in [0.5, 0.6) is 0 Å². The number of aliphatic hydroxyl groups is 1. The van der Waals surface area contributed by atoms with Gasteiger partial charge in [0.2, 0.25) is 0 Å². The van der Waals surface area contributed by atoms with Crippen LogP contribution in [0.1, 0.15) is 52.4 Å². The molecule has 0 radical (unpaired) electrons. The molecule has 12 heavy (non-hydrogen) atoms. The Morgan fingerprint density at radius 1 is 1.17 bits per heavy atom. The van der Waals surface area contributed by atoms with Gasteiger partial charge in [-0.1, -0.05) is 31.9 Å². The fourth-order valence-electron chi connectivity index (χ4n) is 1.09. The van der Waals surface area contributed by atoms with Gasteiger partial charge in [0.1, 0.15) is 0 Å². The molecule has 0 saturated carbocycles. The van der Waals surface area contributed by atoms with Gasteiger partial charge < -0.3 is 5.11 Å². The molecular formula is C11H22O. The van der Waals surface area contributed by atoms with E-state index < -0.39 is 0 Å². The topological polar surface area (TPSA) is 20.2 Å². The van der Waals surface area contributed by atoms with Crippen molar-refractivity contribution < 1.29 is 5.11 Å². The molecule has 1 N–H and O–H groups in total. The lowest BCUT2D eigenvalue weighted by molar-refractivity contribution is 0.182. The second-order valence-electron chi connectivity index (χ2n) is 3.39. The Morgan fingerprint density at radius 2 is 1.75 bits per heavy atom. The zero-order valence-corrected chi connectivity index (χ0v) is 8.42. The number of aliphatic hydroxyl groups excluding tert-OH is 1. The summed E-state index contributed by atoms with van der Waals surface area (Å²) in [4.78, 5) is 0. The van der Waals surface area contributed by atoms with E-state index in [1.165, 1.54) is 19.3 Å². The van der Waals surface area contributed by atoms with Gasteiger partial charge >= 0.3 is 0 Å². The molecule has 0 heterocycles. The van der Waals surface area contributed by atoms with Crippen molar-refractivity contribution in [2.75, 3.05) is 0 Å². The third kappa shape index (κ3) is 9.70. The van der Waals surface area contributed by atoms with E-state index >= 15 is 0 Å². The summed E-state index contributed by atoms with van der Waals surface area (Å²) < 4.78 is 0. The lowest BCUT2D eigenvalue weighted by Crippen LogP contribution is -1.97. The summed E-state index contributed by atoms with van der Waals surface area (Å²) in [6.07, 6.45) is 11.3. The standard InChI is InChI=1S/C11H22O/c1-3-4-5-6-7-8-9-10-11(2)12/h6-7,11-12H,3-5,8-10H2,1-2H3/b7-6-/t11-/m1/s1. The molecule has 0 aromatic heterocycles. The van der Waals surface area contributed by atoms with Crippen LogP contribution in [0.2, 0.25) is 0 Å². The molecule has 1 heteroatoms. The third-order valence-electron chi connectivity index (χ3n) is 1.88. The van der Waals surface area contributed by atoms with Crippen molar-refractivity contribution in [1.82, 2.24) is 0 Å². The monoisotopic (exact) mass is 170 g/mol. The van der Waals surface area contributed by atoms with E-state index in [1.807, 2.05) is 6.92 Å². The molecule has 1 atom stereocenters. The first kappa shape index (κ1) is 11.7. The average molecular weight is 170 g/mol. The largest absolute Gasteiger partial charge is 0.393 e. The summed E-state index contributed by atoms with van der Waals surface area (Å²) in [5, 5.41) is 8.97. The molecule has 0 spiro atoms. The highest BCUT2D eigenvalue weighted by Crippen LogP contribution is 2.02. The SMILES string of the molecule is CCCC/C=C\CCC[C@@H](C)O. The molecule has 0 rings (SSSR count). The van der Waals surface area contributed by atoms with E-state index in [2.05, 4.69) is 19.1 Å². The summed E-state index contributed by atoms with van der Waals surface area (Å²) in [6.45, 7) is 4.06. The Kier molecular flexibility index (Phi) is 8.57. The second-order valence-corrected chi connectivity index (χ2v) is 3.39. The van der Waals surface area contributed by atoms with E-state index in [4.69, 9.17) is 5.11 Å². The Hall–Kier alpha value is -0.300. The molecule has 0 fully saturated rings. The smallest absolute Gasteiger partial charge is 0.0512 e. The summed E-state index contributed by atoms with van der Waals surface area (Å²) in [5.41, 5.74) is 0. The molecule has 0 aliphatic carbocycles. The molecule has 0 aromatic rings. The molecule has 1 nitrogen and oxygen atoms in total. The number of hydrogen-bond acceptors (Lipinski definition) is 1. The van der Waals surface area contributed by atoms with Crippen LogP contribution < -0.4 is 0 Å². The number of rotatable bonds is 7. The zero-order chi connectivity index (χ0) is 9.23. The minimum Gasteiger partial charge on any atom is -0.393 e. The Balaban J connectivity index is 3.03. The van der Waals surface area contributed by atoms with Gasteiger partial charge in [-0.2, -0.15) is 0 Å². The number of hydrogen-bond donors (Lipinski definition) is 1. The van der Waals surface area contributed by atoms with Gasteiger partial charge in [-0.25, -0.2) is 0 Å². The van der Waals surface area contributed by atoms with E-state index in [9.17, 15) is 0 Å². The fourth-order valence-corrected chi connectivity index (χ4v) is 1.09. The second kappa shape index (κ2) is 8.79. The summed E-state index contributed by atoms with van der Waals surface area (Å²) in [7, 11) is 0. The van der Waals surface area contributed by atoms with Gasteiger partial charge in [0.05, 0.1) is 6.10 Å². The van der Waals surface area contributed by atoms with Crippen LogP contribution in [0.4, 0.5) is 0 Å². The minimum absolute atomic E-state index is 0.131. The van der Waals surface area contributed by atoms with Crippen LogP contribution in [0.3, 0.4) is 0 Å². The Bertz CT molecular complexity index is 106. The Morgan fingerprint density at radius 3 is 2.25 bits per heavy atom. The number of unbranched alkanes of at least 4 members (excludes halogenated alkanes) is 3. The van der Waals surface area contributed by atoms with Gasteiger partial charge in [-0.05, 0) is 32.6 Å². The van der Waals surface area contributed by atoms with E-state index in [0.717, 1.165) is 19.3 Å². The van der Waals surface area contributed by atoms with Crippen LogP contribution in [0.15, 0.2) is 12.2 Å². The van der Waals surface area contributed by atoms with Gasteiger partial charge in [0, 0.05) is 0 Å². The van der Waals surface area contributed by atoms with Crippen LogP contribution in [-0.2, 0) is 0 Å². The molecule has 72 valence electrons. The van der Waals surface area contributed by atoms with Crippen molar-refractivity contribution in [1.29, 1.82) is 0 Å². The van der Waals surface area contributed by atoms with E-state index in [1.54, 1.807) is 0 Å². The van der Waals surface area contributed by atoms with Crippen LogP contribution in [0, 0.1) is 0 Å². The first-order chi connectivity index (χ1) is 5.77. The maximum Gasteiger partial charge on any atom is 0.0512 e. The summed E-state index contributed by atoms with van der Waals surface area (Å²) >= 11 is 0. The molecular weight excluding hydrogens is 148 g/mol. The molecule has 0 aliphatic heterocycles. The van der Waals surface area contributed by atoms with Gasteiger partial charge in [0.15, 0.2) is 0 Å². The lowest BCUT2D eigenvalue weighted by atomic mass is 10.1. The molecule has 0 aromatic carbocycles. The lowest BCUT2D eigenvalue weighted by Gasteiger charge is -1.99. The third-order valence-corrected chi connectivity index (χ3v) is 1.88. The first-order valence-electron chi connectivity index (χ1n) is 5.10. The highest BCUT2D eigenvalue weighted by molar-refractivity contribution is 4.81. The van der Waals surface area contributed by atoms with Gasteiger partial charge in [0.25, 0.3) is 0 Å². The van der Waals surface area contributed by atoms with Crippen LogP contribution >= 0.6 is 0 Å². The predicted molar refractivity (Wildman–Crippen MR) is 54.2 cm³/mol. The van der Waals surface area contributed by atoms with Crippen molar-refractivity contribution in [2.45, 2.75) is 58.5 Å². The minimum atomic E-state index is -0.131. The highest BCUT2D eigenvalue weighted by Gasteiger charge is 1.92. The molecule has 0 unspecified atom stereocenters. The van der Waals surface area contributed by atoms with Gasteiger partial charge in [-0.15, -0.1) is 0 Å². The maximum atomic E-state index is 8.97. The van der Waals surface area contributed by atoms with Crippen molar-refractivity contribution in [3.63, 3.8) is 0 Å². The first-order valence-corrected chi connectivity index (χ1v) is 5.10. The summed E-state index contributed by atoms with van der Waals surface area (Å²) in [6, 6.07) is 0. The molecule has 0 aliphatic rings. The Labute approximate surface area is 76.5 Å². The summed E-state index contributed by atoms with van der Waals surface area (Å²) in [5.74, 6) is 0. The normalized spacial score (nSPS) is 13.9. The quantitative estimate of drug-likeness (QED) is 0.459. The predicted octanol–water partition coefficient (Wildman–Crippen LogP) is 3.28. The molecule has 0 amide bonds. The van der Waals surface area contributed by atoms with Gasteiger partial charge in [-0.3, -0.25) is 0 Å². The van der Waals surface area contributed by atoms with Crippen LogP contribution in [0.25, 0.3) is 0 Å². The van der Waals surface area contributed by atoms with E-state index in [0.29, 0.717) is 0 Å². The molecule has 0 saturated heterocycles. The maximum absolute atomic E-state index is 8.97. The number of allylic oxidation sites excluding steroid dienone is 2. The molecule has 0 bridgehead atoms.